The summed E-state index contributed by atoms with van der Waals surface area (Å²) in [4.78, 5) is 0. The van der Waals surface area contributed by atoms with E-state index in [1.54, 1.807) is 0 Å². The zero-order valence-electron chi connectivity index (χ0n) is 14.5. The van der Waals surface area contributed by atoms with Crippen molar-refractivity contribution in [1.29, 1.82) is 0 Å². The molecule has 0 amide bonds. The van der Waals surface area contributed by atoms with Crippen molar-refractivity contribution in [3.8, 4) is 11.1 Å². The predicted octanol–water partition coefficient (Wildman–Crippen LogP) is 7.88. The average molecular weight is 397 g/mol. The fourth-order valence-electron chi connectivity index (χ4n) is 4.03. The fourth-order valence-corrected chi connectivity index (χ4v) is 4.72. The monoisotopic (exact) mass is 396 g/mol. The molecule has 0 N–H and O–H groups in total. The minimum Gasteiger partial charge on any atom is -0.0616 e. The van der Waals surface area contributed by atoms with Crippen molar-refractivity contribution in [3.05, 3.63) is 95.0 Å². The van der Waals surface area contributed by atoms with E-state index in [1.807, 2.05) is 0 Å². The summed E-state index contributed by atoms with van der Waals surface area (Å²) in [5.74, 6) is 0. The first-order chi connectivity index (χ1) is 12.8. The summed E-state index contributed by atoms with van der Waals surface area (Å²) in [7, 11) is 0. The Hall–Kier alpha value is -2.64. The van der Waals surface area contributed by atoms with Crippen LogP contribution < -0.4 is 0 Å². The van der Waals surface area contributed by atoms with Crippen LogP contribution in [0.1, 0.15) is 5.56 Å². The van der Waals surface area contributed by atoms with Gasteiger partial charge in [0.2, 0.25) is 0 Å². The largest absolute Gasteiger partial charge is 0.0616 e. The maximum absolute atomic E-state index is 3.85. The Bertz CT molecular complexity index is 1240. The highest BCUT2D eigenvalue weighted by Gasteiger charge is 2.15. The van der Waals surface area contributed by atoms with Gasteiger partial charge in [-0.1, -0.05) is 84.9 Å². The number of benzene rings is 5. The van der Waals surface area contributed by atoms with E-state index < -0.39 is 0 Å². The summed E-state index contributed by atoms with van der Waals surface area (Å²) >= 11 is 3.85. The molecule has 5 aromatic rings. The summed E-state index contributed by atoms with van der Waals surface area (Å²) in [6.45, 7) is 2.18. The second-order valence-electron chi connectivity index (χ2n) is 6.76. The molecule has 0 radical (unpaired) electrons. The van der Waals surface area contributed by atoms with Crippen LogP contribution in [0.4, 0.5) is 0 Å². The quantitative estimate of drug-likeness (QED) is 0.252. The van der Waals surface area contributed by atoms with Gasteiger partial charge in [-0.25, -0.2) is 0 Å². The third-order valence-corrected chi connectivity index (χ3v) is 6.13. The van der Waals surface area contributed by atoms with E-state index in [4.69, 9.17) is 0 Å². The minimum absolute atomic E-state index is 1.17. The summed E-state index contributed by atoms with van der Waals surface area (Å²) in [6, 6.07) is 30.6. The maximum atomic E-state index is 3.85. The van der Waals surface area contributed by atoms with Gasteiger partial charge in [-0.05, 0) is 71.9 Å². The van der Waals surface area contributed by atoms with Crippen LogP contribution in [0.2, 0.25) is 0 Å². The predicted molar refractivity (Wildman–Crippen MR) is 117 cm³/mol. The number of aryl methyl sites for hydroxylation is 1. The van der Waals surface area contributed by atoms with Gasteiger partial charge in [-0.15, -0.1) is 0 Å². The Labute approximate surface area is 161 Å². The van der Waals surface area contributed by atoms with Crippen molar-refractivity contribution < 1.29 is 0 Å². The van der Waals surface area contributed by atoms with Gasteiger partial charge in [0, 0.05) is 4.47 Å². The molecule has 0 bridgehead atoms. The number of hydrogen-bond acceptors (Lipinski definition) is 0. The Kier molecular flexibility index (Phi) is 3.58. The Balaban J connectivity index is 2.06. The lowest BCUT2D eigenvalue weighted by atomic mass is 9.88. The Morgan fingerprint density at radius 1 is 0.500 bits per heavy atom. The third kappa shape index (κ3) is 2.21. The molecule has 0 saturated heterocycles. The molecular formula is C25H17Br. The summed E-state index contributed by atoms with van der Waals surface area (Å²) < 4.78 is 1.17. The van der Waals surface area contributed by atoms with E-state index >= 15 is 0 Å². The van der Waals surface area contributed by atoms with Crippen molar-refractivity contribution in [2.75, 3.05) is 0 Å². The van der Waals surface area contributed by atoms with Crippen LogP contribution in [0, 0.1) is 6.92 Å². The van der Waals surface area contributed by atoms with Crippen molar-refractivity contribution in [2.45, 2.75) is 6.92 Å². The van der Waals surface area contributed by atoms with Crippen molar-refractivity contribution in [1.82, 2.24) is 0 Å². The van der Waals surface area contributed by atoms with Gasteiger partial charge in [-0.3, -0.25) is 0 Å². The van der Waals surface area contributed by atoms with Crippen LogP contribution in [-0.2, 0) is 0 Å². The SMILES string of the molecule is Cc1ccc(-c2c3ccccc3c(Br)c3ccccc23)c2ccccc12. The molecule has 0 aromatic heterocycles. The average Bonchev–Trinajstić information content (AvgIpc) is 2.70. The molecule has 26 heavy (non-hydrogen) atoms. The van der Waals surface area contributed by atoms with E-state index in [2.05, 4.69) is 108 Å². The van der Waals surface area contributed by atoms with Crippen molar-refractivity contribution >= 4 is 48.2 Å². The van der Waals surface area contributed by atoms with E-state index in [0.29, 0.717) is 0 Å². The van der Waals surface area contributed by atoms with Gasteiger partial charge in [0.25, 0.3) is 0 Å². The molecule has 0 atom stereocenters. The van der Waals surface area contributed by atoms with Crippen LogP contribution in [0.3, 0.4) is 0 Å². The summed E-state index contributed by atoms with van der Waals surface area (Å²) in [5.41, 5.74) is 3.93. The molecule has 0 fully saturated rings. The van der Waals surface area contributed by atoms with E-state index in [-0.39, 0.29) is 0 Å². The summed E-state index contributed by atoms with van der Waals surface area (Å²) in [5, 5.41) is 7.71. The van der Waals surface area contributed by atoms with Crippen LogP contribution >= 0.6 is 15.9 Å². The molecule has 124 valence electrons. The molecule has 5 rings (SSSR count). The van der Waals surface area contributed by atoms with Crippen molar-refractivity contribution in [3.63, 3.8) is 0 Å². The smallest absolute Gasteiger partial charge is 0.0332 e. The molecule has 0 heterocycles. The normalized spacial score (nSPS) is 11.5. The molecule has 0 unspecified atom stereocenters. The van der Waals surface area contributed by atoms with Gasteiger partial charge in [0.15, 0.2) is 0 Å². The molecule has 0 aliphatic rings. The van der Waals surface area contributed by atoms with Gasteiger partial charge in [-0.2, -0.15) is 0 Å². The zero-order valence-corrected chi connectivity index (χ0v) is 16.0. The lowest BCUT2D eigenvalue weighted by Gasteiger charge is -2.16. The third-order valence-electron chi connectivity index (χ3n) is 5.28. The maximum Gasteiger partial charge on any atom is 0.0332 e. The van der Waals surface area contributed by atoms with Crippen LogP contribution in [-0.4, -0.2) is 0 Å². The van der Waals surface area contributed by atoms with Crippen molar-refractivity contribution in [2.24, 2.45) is 0 Å². The van der Waals surface area contributed by atoms with Gasteiger partial charge in [0.1, 0.15) is 0 Å². The lowest BCUT2D eigenvalue weighted by molar-refractivity contribution is 1.53. The molecule has 0 aliphatic carbocycles. The number of halogens is 1. The first-order valence-corrected chi connectivity index (χ1v) is 9.62. The minimum atomic E-state index is 1.17. The van der Waals surface area contributed by atoms with Crippen LogP contribution in [0.5, 0.6) is 0 Å². The molecule has 0 saturated carbocycles. The number of hydrogen-bond donors (Lipinski definition) is 0. The van der Waals surface area contributed by atoms with Gasteiger partial charge in [0.05, 0.1) is 0 Å². The van der Waals surface area contributed by atoms with Crippen LogP contribution in [0.25, 0.3) is 43.4 Å². The number of rotatable bonds is 1. The molecule has 0 spiro atoms. The number of fused-ring (bicyclic) bond motifs is 3. The molecule has 5 aromatic carbocycles. The fraction of sp³-hybridized carbons (Fsp3) is 0.0400. The Morgan fingerprint density at radius 3 is 1.54 bits per heavy atom. The van der Waals surface area contributed by atoms with E-state index in [1.165, 1.54) is 53.5 Å². The van der Waals surface area contributed by atoms with Gasteiger partial charge < -0.3 is 0 Å². The second-order valence-corrected chi connectivity index (χ2v) is 7.55. The molecule has 0 aliphatic heterocycles. The van der Waals surface area contributed by atoms with E-state index in [9.17, 15) is 0 Å². The highest BCUT2D eigenvalue weighted by molar-refractivity contribution is 9.10. The molecule has 0 nitrogen and oxygen atoms in total. The highest BCUT2D eigenvalue weighted by Crippen LogP contribution is 2.43. The first kappa shape index (κ1) is 15.6. The molecule has 1 heteroatoms. The van der Waals surface area contributed by atoms with Gasteiger partial charge >= 0.3 is 0 Å². The molecular weight excluding hydrogens is 380 g/mol. The van der Waals surface area contributed by atoms with Crippen LogP contribution in [0.15, 0.2) is 89.4 Å². The Morgan fingerprint density at radius 2 is 0.962 bits per heavy atom. The highest BCUT2D eigenvalue weighted by atomic mass is 79.9. The first-order valence-electron chi connectivity index (χ1n) is 8.83. The van der Waals surface area contributed by atoms with E-state index in [0.717, 1.165) is 0 Å². The lowest BCUT2D eigenvalue weighted by Crippen LogP contribution is -1.90. The summed E-state index contributed by atoms with van der Waals surface area (Å²) in [6.07, 6.45) is 0. The standard InChI is InChI=1S/C25H17Br/c1-16-14-15-21(18-9-3-2-8-17(16)18)24-19-10-4-6-12-22(19)25(26)23-13-7-5-11-20(23)24/h2-15H,1H3. The topological polar surface area (TPSA) is 0 Å². The zero-order chi connectivity index (χ0) is 17.7. The second kappa shape index (κ2) is 5.96.